The Morgan fingerprint density at radius 1 is 1.28 bits per heavy atom. The molecule has 0 heterocycles. The van der Waals surface area contributed by atoms with Gasteiger partial charge in [0.15, 0.2) is 0 Å². The van der Waals surface area contributed by atoms with Gasteiger partial charge in [0.1, 0.15) is 0 Å². The Hall–Kier alpha value is -1.88. The topological polar surface area (TPSA) is 71.4 Å². The molecule has 0 aliphatic rings. The molecule has 1 aromatic carbocycles. The van der Waals surface area contributed by atoms with Gasteiger partial charge in [-0.15, -0.1) is 0 Å². The van der Waals surface area contributed by atoms with Crippen molar-refractivity contribution >= 4 is 15.8 Å². The molecular weight excluding hydrogens is 252 g/mol. The largest absolute Gasteiger partial charge is 0.478 e. The van der Waals surface area contributed by atoms with Crippen molar-refractivity contribution in [1.82, 2.24) is 0 Å². The Balaban J connectivity index is 3.33. The number of carboxylic acid groups (broad SMARTS) is 1. The van der Waals surface area contributed by atoms with Crippen molar-refractivity contribution in [2.24, 2.45) is 0 Å². The fraction of sp³-hybridized carbons (Fsp3) is 0.154. The second-order valence-electron chi connectivity index (χ2n) is 3.75. The smallest absolute Gasteiger partial charge is 0.336 e. The summed E-state index contributed by atoms with van der Waals surface area (Å²) in [6.45, 7) is 6.59. The molecule has 0 aromatic heterocycles. The molecule has 0 radical (unpaired) electrons. The van der Waals surface area contributed by atoms with E-state index in [2.05, 4.69) is 6.58 Å². The SMILES string of the molecule is C=C(C(=O)O)C(=CC)S(=O)(=O)c1ccc(C)cc1. The van der Waals surface area contributed by atoms with Crippen molar-refractivity contribution < 1.29 is 18.3 Å². The molecule has 0 saturated carbocycles. The van der Waals surface area contributed by atoms with E-state index in [1.54, 1.807) is 12.1 Å². The van der Waals surface area contributed by atoms with Crippen molar-refractivity contribution in [2.45, 2.75) is 18.7 Å². The summed E-state index contributed by atoms with van der Waals surface area (Å²) in [4.78, 5) is 10.6. The molecule has 96 valence electrons. The lowest BCUT2D eigenvalue weighted by Gasteiger charge is -2.08. The number of benzene rings is 1. The number of aryl methyl sites for hydroxylation is 1. The zero-order valence-electron chi connectivity index (χ0n) is 10.2. The molecule has 0 saturated heterocycles. The quantitative estimate of drug-likeness (QED) is 0.670. The van der Waals surface area contributed by atoms with E-state index in [0.29, 0.717) is 0 Å². The molecule has 4 nitrogen and oxygen atoms in total. The number of rotatable bonds is 4. The number of hydrogen-bond donors (Lipinski definition) is 1. The number of allylic oxidation sites excluding steroid dienone is 1. The summed E-state index contributed by atoms with van der Waals surface area (Å²) in [6.07, 6.45) is 1.24. The molecule has 0 spiro atoms. The summed E-state index contributed by atoms with van der Waals surface area (Å²) in [5.41, 5.74) is 0.492. The van der Waals surface area contributed by atoms with Gasteiger partial charge in [-0.3, -0.25) is 0 Å². The molecule has 0 aliphatic heterocycles. The van der Waals surface area contributed by atoms with E-state index in [0.717, 1.165) is 5.56 Å². The zero-order chi connectivity index (χ0) is 13.9. The summed E-state index contributed by atoms with van der Waals surface area (Å²) in [5.74, 6) is -1.35. The number of hydrogen-bond acceptors (Lipinski definition) is 3. The fourth-order valence-corrected chi connectivity index (χ4v) is 2.91. The van der Waals surface area contributed by atoms with Gasteiger partial charge < -0.3 is 5.11 Å². The van der Waals surface area contributed by atoms with Crippen LogP contribution in [0.15, 0.2) is 52.3 Å². The predicted octanol–water partition coefficient (Wildman–Crippen LogP) is 2.31. The highest BCUT2D eigenvalue weighted by atomic mass is 32.2. The molecule has 0 fully saturated rings. The highest BCUT2D eigenvalue weighted by molar-refractivity contribution is 7.95. The van der Waals surface area contributed by atoms with Crippen LogP contribution >= 0.6 is 0 Å². The average Bonchev–Trinajstić information content (AvgIpc) is 2.29. The lowest BCUT2D eigenvalue weighted by molar-refractivity contribution is -0.132. The van der Waals surface area contributed by atoms with E-state index in [1.807, 2.05) is 6.92 Å². The minimum Gasteiger partial charge on any atom is -0.478 e. The third-order valence-corrected chi connectivity index (χ3v) is 4.39. The summed E-state index contributed by atoms with van der Waals surface area (Å²) in [5, 5.41) is 8.83. The summed E-state index contributed by atoms with van der Waals surface area (Å²) >= 11 is 0. The molecule has 1 N–H and O–H groups in total. The number of carboxylic acids is 1. The lowest BCUT2D eigenvalue weighted by Crippen LogP contribution is -2.12. The average molecular weight is 266 g/mol. The number of sulfone groups is 1. The van der Waals surface area contributed by atoms with Crippen LogP contribution in [0.2, 0.25) is 0 Å². The zero-order valence-corrected chi connectivity index (χ0v) is 11.0. The second kappa shape index (κ2) is 5.18. The third-order valence-electron chi connectivity index (χ3n) is 2.44. The Bertz CT molecular complexity index is 607. The molecule has 1 aromatic rings. The molecule has 0 atom stereocenters. The van der Waals surface area contributed by atoms with E-state index in [4.69, 9.17) is 5.11 Å². The minimum atomic E-state index is -3.83. The molecule has 18 heavy (non-hydrogen) atoms. The standard InChI is InChI=1S/C13H14O4S/c1-4-12(10(3)13(14)15)18(16,17)11-7-5-9(2)6-8-11/h4-8H,3H2,1-2H3,(H,14,15). The molecule has 5 heteroatoms. The van der Waals surface area contributed by atoms with Crippen molar-refractivity contribution in [2.75, 3.05) is 0 Å². The van der Waals surface area contributed by atoms with Crippen molar-refractivity contribution in [3.8, 4) is 0 Å². The van der Waals surface area contributed by atoms with Crippen LogP contribution in [0.4, 0.5) is 0 Å². The maximum absolute atomic E-state index is 12.2. The Morgan fingerprint density at radius 3 is 2.17 bits per heavy atom. The van der Waals surface area contributed by atoms with Crippen LogP contribution in [0.25, 0.3) is 0 Å². The molecule has 0 aliphatic carbocycles. The van der Waals surface area contributed by atoms with Gasteiger partial charge in [-0.2, -0.15) is 0 Å². The van der Waals surface area contributed by atoms with Crippen LogP contribution in [0.3, 0.4) is 0 Å². The van der Waals surface area contributed by atoms with Crippen molar-refractivity contribution in [3.63, 3.8) is 0 Å². The molecule has 0 unspecified atom stereocenters. The summed E-state index contributed by atoms with van der Waals surface area (Å²) < 4.78 is 24.5. The van der Waals surface area contributed by atoms with E-state index in [1.165, 1.54) is 25.1 Å². The first-order chi connectivity index (χ1) is 8.30. The van der Waals surface area contributed by atoms with Gasteiger partial charge in [0, 0.05) is 0 Å². The lowest BCUT2D eigenvalue weighted by atomic mass is 10.2. The maximum atomic E-state index is 12.2. The normalized spacial score (nSPS) is 12.2. The van der Waals surface area contributed by atoms with Crippen LogP contribution in [0, 0.1) is 6.92 Å². The Morgan fingerprint density at radius 2 is 1.78 bits per heavy atom. The van der Waals surface area contributed by atoms with Crippen molar-refractivity contribution in [1.29, 1.82) is 0 Å². The predicted molar refractivity (Wildman–Crippen MR) is 68.9 cm³/mol. The van der Waals surface area contributed by atoms with E-state index < -0.39 is 21.4 Å². The van der Waals surface area contributed by atoms with E-state index in [-0.39, 0.29) is 9.80 Å². The highest BCUT2D eigenvalue weighted by Gasteiger charge is 2.25. The summed E-state index contributed by atoms with van der Waals surface area (Å²) in [7, 11) is -3.83. The first-order valence-electron chi connectivity index (χ1n) is 5.21. The van der Waals surface area contributed by atoms with E-state index in [9.17, 15) is 13.2 Å². The monoisotopic (exact) mass is 266 g/mol. The van der Waals surface area contributed by atoms with Gasteiger partial charge in [0.2, 0.25) is 9.84 Å². The van der Waals surface area contributed by atoms with E-state index >= 15 is 0 Å². The van der Waals surface area contributed by atoms with Crippen LogP contribution < -0.4 is 0 Å². The minimum absolute atomic E-state index is 0.0589. The van der Waals surface area contributed by atoms with Gasteiger partial charge in [0.25, 0.3) is 0 Å². The van der Waals surface area contributed by atoms with Crippen LogP contribution in [-0.2, 0) is 14.6 Å². The van der Waals surface area contributed by atoms with Crippen molar-refractivity contribution in [3.05, 3.63) is 53.0 Å². The molecule has 0 amide bonds. The fourth-order valence-electron chi connectivity index (χ4n) is 1.44. The van der Waals surface area contributed by atoms with Gasteiger partial charge in [-0.1, -0.05) is 30.4 Å². The molecule has 1 rings (SSSR count). The second-order valence-corrected chi connectivity index (χ2v) is 5.67. The Kier molecular flexibility index (Phi) is 4.08. The first kappa shape index (κ1) is 14.2. The van der Waals surface area contributed by atoms with Gasteiger partial charge >= 0.3 is 5.97 Å². The Labute approximate surface area is 106 Å². The highest BCUT2D eigenvalue weighted by Crippen LogP contribution is 2.24. The number of aliphatic carboxylic acids is 1. The third kappa shape index (κ3) is 2.68. The summed E-state index contributed by atoms with van der Waals surface area (Å²) in [6, 6.07) is 6.21. The van der Waals surface area contributed by atoms with Gasteiger partial charge in [-0.25, -0.2) is 13.2 Å². The van der Waals surface area contributed by atoms with Crippen LogP contribution in [-0.4, -0.2) is 19.5 Å². The molecule has 0 bridgehead atoms. The van der Waals surface area contributed by atoms with Crippen LogP contribution in [0.5, 0.6) is 0 Å². The first-order valence-corrected chi connectivity index (χ1v) is 6.69. The van der Waals surface area contributed by atoms with Gasteiger partial charge in [-0.05, 0) is 26.0 Å². The van der Waals surface area contributed by atoms with Gasteiger partial charge in [0.05, 0.1) is 15.4 Å². The number of carbonyl (C=O) groups is 1. The maximum Gasteiger partial charge on any atom is 0.336 e. The van der Waals surface area contributed by atoms with Crippen LogP contribution in [0.1, 0.15) is 12.5 Å². The molecular formula is C13H14O4S.